The van der Waals surface area contributed by atoms with Crippen LogP contribution in [0.15, 0.2) is 0 Å². The van der Waals surface area contributed by atoms with Crippen LogP contribution in [0.5, 0.6) is 0 Å². The number of rotatable bonds is 1. The Morgan fingerprint density at radius 3 is 2.08 bits per heavy atom. The molecule has 78 valence electrons. The van der Waals surface area contributed by atoms with Crippen molar-refractivity contribution in [1.29, 1.82) is 0 Å². The van der Waals surface area contributed by atoms with Gasteiger partial charge in [-0.2, -0.15) is 0 Å². The van der Waals surface area contributed by atoms with E-state index in [1.165, 1.54) is 0 Å². The van der Waals surface area contributed by atoms with E-state index in [0.29, 0.717) is 11.5 Å². The van der Waals surface area contributed by atoms with Crippen LogP contribution in [0.4, 0.5) is 0 Å². The van der Waals surface area contributed by atoms with Crippen LogP contribution in [-0.4, -0.2) is 35.2 Å². The Bertz CT molecular complexity index is 154. The van der Waals surface area contributed by atoms with Crippen molar-refractivity contribution in [3.05, 3.63) is 0 Å². The molecule has 1 fully saturated rings. The van der Waals surface area contributed by atoms with Crippen molar-refractivity contribution < 1.29 is 5.11 Å². The lowest BCUT2D eigenvalue weighted by Crippen LogP contribution is -2.46. The molecular weight excluding hydrogens is 162 g/mol. The summed E-state index contributed by atoms with van der Waals surface area (Å²) in [6.07, 6.45) is 1.84. The highest BCUT2D eigenvalue weighted by Gasteiger charge is 2.28. The van der Waals surface area contributed by atoms with Crippen LogP contribution in [0.3, 0.4) is 0 Å². The first-order valence-electron chi connectivity index (χ1n) is 5.33. The van der Waals surface area contributed by atoms with Crippen molar-refractivity contribution >= 4 is 0 Å². The van der Waals surface area contributed by atoms with Gasteiger partial charge in [0.25, 0.3) is 0 Å². The van der Waals surface area contributed by atoms with E-state index in [1.807, 2.05) is 0 Å². The molecular formula is C11H23NO. The van der Waals surface area contributed by atoms with E-state index in [1.54, 1.807) is 0 Å². The Balaban J connectivity index is 2.45. The number of piperidine rings is 1. The van der Waals surface area contributed by atoms with E-state index in [4.69, 9.17) is 0 Å². The molecule has 0 bridgehead atoms. The van der Waals surface area contributed by atoms with Crippen molar-refractivity contribution in [2.24, 2.45) is 5.41 Å². The molecule has 1 aliphatic rings. The van der Waals surface area contributed by atoms with Gasteiger partial charge < -0.3 is 5.11 Å². The Kier molecular flexibility index (Phi) is 3.36. The summed E-state index contributed by atoms with van der Waals surface area (Å²) in [7, 11) is 0. The van der Waals surface area contributed by atoms with Gasteiger partial charge in [-0.3, -0.25) is 4.90 Å². The fourth-order valence-electron chi connectivity index (χ4n) is 1.82. The molecule has 0 unspecified atom stereocenters. The predicted molar refractivity (Wildman–Crippen MR) is 55.7 cm³/mol. The summed E-state index contributed by atoms with van der Waals surface area (Å²) in [5.41, 5.74) is 0.349. The number of aliphatic hydroxyl groups excluding tert-OH is 1. The standard InChI is InChI=1S/C11H23NO/c1-9(11(2,3)4)12-7-5-10(13)6-8-12/h9-10,13H,5-8H2,1-4H3/t9-/m0/s1. The van der Waals surface area contributed by atoms with Crippen LogP contribution >= 0.6 is 0 Å². The zero-order valence-corrected chi connectivity index (χ0v) is 9.38. The molecule has 0 aromatic heterocycles. The predicted octanol–water partition coefficient (Wildman–Crippen LogP) is 1.88. The third-order valence-corrected chi connectivity index (χ3v) is 3.30. The van der Waals surface area contributed by atoms with Gasteiger partial charge in [0.15, 0.2) is 0 Å². The number of aliphatic hydroxyl groups is 1. The molecule has 2 heteroatoms. The fraction of sp³-hybridized carbons (Fsp3) is 1.00. The molecule has 1 rings (SSSR count). The topological polar surface area (TPSA) is 23.5 Å². The first-order valence-corrected chi connectivity index (χ1v) is 5.33. The van der Waals surface area contributed by atoms with E-state index < -0.39 is 0 Å². The Morgan fingerprint density at radius 2 is 1.69 bits per heavy atom. The van der Waals surface area contributed by atoms with E-state index >= 15 is 0 Å². The summed E-state index contributed by atoms with van der Waals surface area (Å²) in [6.45, 7) is 11.2. The highest BCUT2D eigenvalue weighted by atomic mass is 16.3. The molecule has 13 heavy (non-hydrogen) atoms. The smallest absolute Gasteiger partial charge is 0.0564 e. The molecule has 0 aromatic carbocycles. The highest BCUT2D eigenvalue weighted by Crippen LogP contribution is 2.26. The second kappa shape index (κ2) is 3.97. The lowest BCUT2D eigenvalue weighted by Gasteiger charge is -2.41. The van der Waals surface area contributed by atoms with E-state index in [-0.39, 0.29) is 6.10 Å². The van der Waals surface area contributed by atoms with Crippen molar-refractivity contribution in [2.45, 2.75) is 52.7 Å². The van der Waals surface area contributed by atoms with E-state index in [2.05, 4.69) is 32.6 Å². The summed E-state index contributed by atoms with van der Waals surface area (Å²) in [5, 5.41) is 9.38. The Labute approximate surface area is 81.9 Å². The zero-order valence-electron chi connectivity index (χ0n) is 9.38. The van der Waals surface area contributed by atoms with Gasteiger partial charge in [0.1, 0.15) is 0 Å². The van der Waals surface area contributed by atoms with Gasteiger partial charge in [-0.25, -0.2) is 0 Å². The summed E-state index contributed by atoms with van der Waals surface area (Å²) in [4.78, 5) is 2.49. The Morgan fingerprint density at radius 1 is 1.23 bits per heavy atom. The van der Waals surface area contributed by atoms with Gasteiger partial charge in [0, 0.05) is 19.1 Å². The maximum absolute atomic E-state index is 9.38. The molecule has 1 aliphatic heterocycles. The second-order valence-electron chi connectivity index (χ2n) is 5.31. The van der Waals surface area contributed by atoms with Gasteiger partial charge in [0.2, 0.25) is 0 Å². The van der Waals surface area contributed by atoms with Crippen molar-refractivity contribution in [1.82, 2.24) is 4.90 Å². The van der Waals surface area contributed by atoms with Crippen molar-refractivity contribution in [2.75, 3.05) is 13.1 Å². The quantitative estimate of drug-likeness (QED) is 0.674. The van der Waals surface area contributed by atoms with Crippen LogP contribution < -0.4 is 0 Å². The van der Waals surface area contributed by atoms with Gasteiger partial charge in [-0.05, 0) is 25.2 Å². The van der Waals surface area contributed by atoms with Gasteiger partial charge in [-0.1, -0.05) is 20.8 Å². The summed E-state index contributed by atoms with van der Waals surface area (Å²) < 4.78 is 0. The molecule has 1 atom stereocenters. The highest BCUT2D eigenvalue weighted by molar-refractivity contribution is 4.82. The minimum absolute atomic E-state index is 0.0524. The van der Waals surface area contributed by atoms with Gasteiger partial charge >= 0.3 is 0 Å². The van der Waals surface area contributed by atoms with E-state index in [0.717, 1.165) is 25.9 Å². The molecule has 0 radical (unpaired) electrons. The molecule has 1 heterocycles. The van der Waals surface area contributed by atoms with Crippen LogP contribution in [-0.2, 0) is 0 Å². The Hall–Kier alpha value is -0.0800. The number of hydrogen-bond acceptors (Lipinski definition) is 2. The van der Waals surface area contributed by atoms with Crippen molar-refractivity contribution in [3.63, 3.8) is 0 Å². The van der Waals surface area contributed by atoms with Gasteiger partial charge in [-0.15, -0.1) is 0 Å². The summed E-state index contributed by atoms with van der Waals surface area (Å²) in [5.74, 6) is 0. The lowest BCUT2D eigenvalue weighted by molar-refractivity contribution is 0.0339. The number of likely N-dealkylation sites (tertiary alicyclic amines) is 1. The molecule has 0 aliphatic carbocycles. The number of nitrogens with zero attached hydrogens (tertiary/aromatic N) is 1. The maximum atomic E-state index is 9.38. The first kappa shape index (κ1) is 11.0. The molecule has 0 aromatic rings. The minimum Gasteiger partial charge on any atom is -0.393 e. The molecule has 1 N–H and O–H groups in total. The first-order chi connectivity index (χ1) is 5.91. The average molecular weight is 185 g/mol. The van der Waals surface area contributed by atoms with Crippen molar-refractivity contribution in [3.8, 4) is 0 Å². The van der Waals surface area contributed by atoms with Gasteiger partial charge in [0.05, 0.1) is 6.10 Å². The SMILES string of the molecule is C[C@H](N1CCC(O)CC1)C(C)(C)C. The molecule has 0 spiro atoms. The fourth-order valence-corrected chi connectivity index (χ4v) is 1.82. The maximum Gasteiger partial charge on any atom is 0.0564 e. The third kappa shape index (κ3) is 2.96. The molecule has 1 saturated heterocycles. The monoisotopic (exact) mass is 185 g/mol. The molecule has 0 saturated carbocycles. The van der Waals surface area contributed by atoms with Crippen LogP contribution in [0, 0.1) is 5.41 Å². The summed E-state index contributed by atoms with van der Waals surface area (Å²) >= 11 is 0. The zero-order chi connectivity index (χ0) is 10.1. The number of hydrogen-bond donors (Lipinski definition) is 1. The third-order valence-electron chi connectivity index (χ3n) is 3.30. The second-order valence-corrected chi connectivity index (χ2v) is 5.31. The van der Waals surface area contributed by atoms with E-state index in [9.17, 15) is 5.11 Å². The molecule has 0 amide bonds. The average Bonchev–Trinajstić information content (AvgIpc) is 2.03. The van der Waals surface area contributed by atoms with Crippen LogP contribution in [0.25, 0.3) is 0 Å². The molecule has 2 nitrogen and oxygen atoms in total. The largest absolute Gasteiger partial charge is 0.393 e. The lowest BCUT2D eigenvalue weighted by atomic mass is 9.86. The summed E-state index contributed by atoms with van der Waals surface area (Å²) in [6, 6.07) is 0.611. The van der Waals surface area contributed by atoms with Crippen LogP contribution in [0.1, 0.15) is 40.5 Å². The minimum atomic E-state index is -0.0524. The normalized spacial score (nSPS) is 24.7. The van der Waals surface area contributed by atoms with Crippen LogP contribution in [0.2, 0.25) is 0 Å².